The maximum Gasteiger partial charge on any atom is 0.355 e. The van der Waals surface area contributed by atoms with Crippen molar-refractivity contribution in [2.45, 2.75) is 0 Å². The molecule has 10 heteroatoms. The highest BCUT2D eigenvalue weighted by atomic mass is 35.5. The van der Waals surface area contributed by atoms with E-state index in [1.807, 2.05) is 24.3 Å². The van der Waals surface area contributed by atoms with E-state index in [0.717, 1.165) is 10.1 Å². The van der Waals surface area contributed by atoms with Crippen LogP contribution >= 0.6 is 22.9 Å². The Bertz CT molecular complexity index is 1420. The molecule has 0 aliphatic heterocycles. The van der Waals surface area contributed by atoms with Gasteiger partial charge < -0.3 is 18.9 Å². The lowest BCUT2D eigenvalue weighted by Gasteiger charge is -2.09. The number of rotatable bonds is 9. The fourth-order valence-corrected chi connectivity index (χ4v) is 4.56. The molecule has 4 rings (SSSR count). The zero-order chi connectivity index (χ0) is 25.5. The van der Waals surface area contributed by atoms with Gasteiger partial charge in [-0.1, -0.05) is 29.8 Å². The van der Waals surface area contributed by atoms with E-state index >= 15 is 0 Å². The summed E-state index contributed by atoms with van der Waals surface area (Å²) in [6.45, 7) is -0.206. The Balaban J connectivity index is 1.35. The standard InChI is InChI=1S/C26H21ClN2O6S/c1-32-17-8-10-18(11-9-17)34-15-23(30)29-28-14-16-7-12-20(21(13-16)33-2)35-26(31)25-24(27)19-5-3-4-6-22(19)36-25/h3-14H,15H2,1-2H3,(H,29,30)/b28-14+. The van der Waals surface area contributed by atoms with Crippen LogP contribution in [0.15, 0.2) is 71.8 Å². The number of amides is 1. The predicted octanol–water partition coefficient (Wildman–Crippen LogP) is 5.32. The Labute approximate surface area is 216 Å². The molecule has 0 aliphatic carbocycles. The predicted molar refractivity (Wildman–Crippen MR) is 139 cm³/mol. The molecule has 36 heavy (non-hydrogen) atoms. The van der Waals surface area contributed by atoms with Gasteiger partial charge in [-0.15, -0.1) is 11.3 Å². The third-order valence-corrected chi connectivity index (χ3v) is 6.60. The van der Waals surface area contributed by atoms with Crippen LogP contribution in [0.1, 0.15) is 15.2 Å². The number of benzene rings is 3. The van der Waals surface area contributed by atoms with Crippen molar-refractivity contribution in [3.63, 3.8) is 0 Å². The number of halogens is 1. The zero-order valence-corrected chi connectivity index (χ0v) is 20.9. The molecule has 0 spiro atoms. The lowest BCUT2D eigenvalue weighted by Crippen LogP contribution is -2.24. The van der Waals surface area contributed by atoms with Crippen LogP contribution in [0, 0.1) is 0 Å². The summed E-state index contributed by atoms with van der Waals surface area (Å²) in [6, 6.07) is 19.2. The molecule has 0 saturated carbocycles. The van der Waals surface area contributed by atoms with E-state index in [4.69, 9.17) is 30.5 Å². The number of ether oxygens (including phenoxy) is 4. The number of carbonyl (C=O) groups excluding carboxylic acids is 2. The van der Waals surface area contributed by atoms with E-state index in [-0.39, 0.29) is 12.4 Å². The number of fused-ring (bicyclic) bond motifs is 1. The Morgan fingerprint density at radius 1 is 0.972 bits per heavy atom. The number of nitrogens with zero attached hydrogens (tertiary/aromatic N) is 1. The molecule has 0 fully saturated rings. The van der Waals surface area contributed by atoms with Crippen molar-refractivity contribution in [1.29, 1.82) is 0 Å². The normalized spacial score (nSPS) is 10.9. The molecule has 0 aliphatic rings. The minimum absolute atomic E-state index is 0.206. The zero-order valence-electron chi connectivity index (χ0n) is 19.3. The molecular formula is C26H21ClN2O6S. The van der Waals surface area contributed by atoms with Gasteiger partial charge in [0.25, 0.3) is 5.91 Å². The molecule has 0 bridgehead atoms. The van der Waals surface area contributed by atoms with E-state index < -0.39 is 11.9 Å². The average Bonchev–Trinajstić information content (AvgIpc) is 3.25. The maximum absolute atomic E-state index is 12.8. The number of hydrogen-bond donors (Lipinski definition) is 1. The van der Waals surface area contributed by atoms with Gasteiger partial charge in [0, 0.05) is 10.1 Å². The van der Waals surface area contributed by atoms with Gasteiger partial charge in [0.05, 0.1) is 25.5 Å². The number of nitrogens with one attached hydrogen (secondary N) is 1. The van der Waals surface area contributed by atoms with Gasteiger partial charge in [-0.3, -0.25) is 4.79 Å². The molecule has 1 amide bonds. The molecule has 1 aromatic heterocycles. The summed E-state index contributed by atoms with van der Waals surface area (Å²) in [4.78, 5) is 25.1. The van der Waals surface area contributed by atoms with E-state index in [1.54, 1.807) is 49.6 Å². The van der Waals surface area contributed by atoms with Crippen molar-refractivity contribution in [3.8, 4) is 23.0 Å². The van der Waals surface area contributed by atoms with Crippen LogP contribution in [0.25, 0.3) is 10.1 Å². The van der Waals surface area contributed by atoms with Crippen molar-refractivity contribution in [2.24, 2.45) is 5.10 Å². The van der Waals surface area contributed by atoms with E-state index in [1.165, 1.54) is 24.7 Å². The number of esters is 1. The summed E-state index contributed by atoms with van der Waals surface area (Å²) >= 11 is 7.64. The minimum atomic E-state index is -0.579. The number of methoxy groups -OCH3 is 2. The molecule has 1 heterocycles. The Morgan fingerprint density at radius 3 is 2.44 bits per heavy atom. The summed E-state index contributed by atoms with van der Waals surface area (Å²) < 4.78 is 22.3. The first-order chi connectivity index (χ1) is 17.5. The van der Waals surface area contributed by atoms with E-state index in [0.29, 0.717) is 32.7 Å². The molecule has 184 valence electrons. The third kappa shape index (κ3) is 5.94. The Hall–Kier alpha value is -4.08. The van der Waals surface area contributed by atoms with E-state index in [2.05, 4.69) is 10.5 Å². The summed E-state index contributed by atoms with van der Waals surface area (Å²) in [5.74, 6) is 0.756. The fraction of sp³-hybridized carbons (Fsp3) is 0.115. The van der Waals surface area contributed by atoms with Crippen molar-refractivity contribution >= 4 is 51.1 Å². The lowest BCUT2D eigenvalue weighted by atomic mass is 10.2. The summed E-state index contributed by atoms with van der Waals surface area (Å²) in [6.07, 6.45) is 1.43. The largest absolute Gasteiger partial charge is 0.497 e. The van der Waals surface area contributed by atoms with Crippen LogP contribution in [0.2, 0.25) is 5.02 Å². The number of hydrazone groups is 1. The Morgan fingerprint density at radius 2 is 1.72 bits per heavy atom. The molecular weight excluding hydrogens is 504 g/mol. The molecule has 1 N–H and O–H groups in total. The fourth-order valence-electron chi connectivity index (χ4n) is 3.17. The number of thiophene rings is 1. The van der Waals surface area contributed by atoms with Crippen LogP contribution in [-0.4, -0.2) is 38.9 Å². The average molecular weight is 525 g/mol. The molecule has 8 nitrogen and oxygen atoms in total. The third-order valence-electron chi connectivity index (χ3n) is 4.94. The Kier molecular flexibility index (Phi) is 8.04. The van der Waals surface area contributed by atoms with Gasteiger partial charge in [0.2, 0.25) is 0 Å². The molecule has 4 aromatic rings. The smallest absolute Gasteiger partial charge is 0.355 e. The van der Waals surface area contributed by atoms with Crippen molar-refractivity contribution in [1.82, 2.24) is 5.43 Å². The van der Waals surface area contributed by atoms with Crippen LogP contribution in [-0.2, 0) is 4.79 Å². The monoisotopic (exact) mass is 524 g/mol. The summed E-state index contributed by atoms with van der Waals surface area (Å²) in [7, 11) is 3.03. The molecule has 0 unspecified atom stereocenters. The first-order valence-electron chi connectivity index (χ1n) is 10.6. The van der Waals surface area contributed by atoms with Gasteiger partial charge in [-0.05, 0) is 54.1 Å². The molecule has 0 saturated heterocycles. The minimum Gasteiger partial charge on any atom is -0.497 e. The van der Waals surface area contributed by atoms with Gasteiger partial charge in [0.15, 0.2) is 18.1 Å². The maximum atomic E-state index is 12.8. The van der Waals surface area contributed by atoms with Gasteiger partial charge in [0.1, 0.15) is 16.4 Å². The van der Waals surface area contributed by atoms with Gasteiger partial charge in [-0.25, -0.2) is 10.2 Å². The highest BCUT2D eigenvalue weighted by Gasteiger charge is 2.20. The number of carbonyl (C=O) groups is 2. The van der Waals surface area contributed by atoms with Crippen molar-refractivity contribution in [2.75, 3.05) is 20.8 Å². The highest BCUT2D eigenvalue weighted by molar-refractivity contribution is 7.21. The SMILES string of the molecule is COc1ccc(OCC(=O)N/N=C/c2ccc(OC(=O)c3sc4ccccc4c3Cl)c(OC)c2)cc1. The van der Waals surface area contributed by atoms with Gasteiger partial charge >= 0.3 is 5.97 Å². The summed E-state index contributed by atoms with van der Waals surface area (Å²) in [5.41, 5.74) is 3.00. The van der Waals surface area contributed by atoms with Crippen molar-refractivity contribution in [3.05, 3.63) is 82.2 Å². The molecule has 0 radical (unpaired) electrons. The second kappa shape index (κ2) is 11.6. The van der Waals surface area contributed by atoms with Crippen LogP contribution < -0.4 is 24.4 Å². The second-order valence-corrected chi connectivity index (χ2v) is 8.73. The lowest BCUT2D eigenvalue weighted by molar-refractivity contribution is -0.123. The first kappa shape index (κ1) is 25.0. The first-order valence-corrected chi connectivity index (χ1v) is 11.8. The van der Waals surface area contributed by atoms with Gasteiger partial charge in [-0.2, -0.15) is 5.10 Å². The highest BCUT2D eigenvalue weighted by Crippen LogP contribution is 2.37. The van der Waals surface area contributed by atoms with Crippen LogP contribution in [0.5, 0.6) is 23.0 Å². The topological polar surface area (TPSA) is 95.5 Å². The van der Waals surface area contributed by atoms with E-state index in [9.17, 15) is 9.59 Å². The summed E-state index contributed by atoms with van der Waals surface area (Å²) in [5, 5.41) is 5.08. The molecule has 3 aromatic carbocycles. The second-order valence-electron chi connectivity index (χ2n) is 7.30. The van der Waals surface area contributed by atoms with Crippen LogP contribution in [0.3, 0.4) is 0 Å². The van der Waals surface area contributed by atoms with Crippen LogP contribution in [0.4, 0.5) is 0 Å². The quantitative estimate of drug-likeness (QED) is 0.138. The number of hydrogen-bond acceptors (Lipinski definition) is 8. The molecule has 0 atom stereocenters. The van der Waals surface area contributed by atoms with Crippen molar-refractivity contribution < 1.29 is 28.5 Å².